The predicted molar refractivity (Wildman–Crippen MR) is 120 cm³/mol. The number of nitrogens with one attached hydrogen (secondary N) is 2. The van der Waals surface area contributed by atoms with Gasteiger partial charge in [0.15, 0.2) is 0 Å². The van der Waals surface area contributed by atoms with Crippen LogP contribution >= 0.6 is 11.3 Å². The third-order valence-corrected chi connectivity index (χ3v) is 7.07. The normalized spacial score (nSPS) is 11.5. The second-order valence-electron chi connectivity index (χ2n) is 6.70. The minimum absolute atomic E-state index is 0.00511. The molecule has 0 bridgehead atoms. The van der Waals surface area contributed by atoms with Gasteiger partial charge in [-0.25, -0.2) is 18.1 Å². The van der Waals surface area contributed by atoms with Gasteiger partial charge in [0.1, 0.15) is 38.7 Å². The summed E-state index contributed by atoms with van der Waals surface area (Å²) in [6.07, 6.45) is 0.470. The number of nitriles is 1. The summed E-state index contributed by atoms with van der Waals surface area (Å²) in [5.74, 6) is 0.671. The van der Waals surface area contributed by atoms with Gasteiger partial charge in [-0.15, -0.1) is 11.3 Å². The molecule has 3 aromatic heterocycles. The number of thiophene rings is 1. The molecular formula is C19H22N6O4S2. The Bertz CT molecular complexity index is 1290. The summed E-state index contributed by atoms with van der Waals surface area (Å²) < 4.78 is 31.3. The average Bonchev–Trinajstić information content (AvgIpc) is 3.30. The first-order chi connectivity index (χ1) is 14.7. The van der Waals surface area contributed by atoms with Crippen LogP contribution in [0, 0.1) is 18.3 Å². The van der Waals surface area contributed by atoms with E-state index in [1.807, 2.05) is 0 Å². The molecule has 0 fully saturated rings. The zero-order chi connectivity index (χ0) is 22.8. The van der Waals surface area contributed by atoms with Gasteiger partial charge in [0.2, 0.25) is 10.0 Å². The highest BCUT2D eigenvalue weighted by Crippen LogP contribution is 2.43. The largest absolute Gasteiger partial charge is 0.461 e. The smallest absolute Gasteiger partial charge is 0.260 e. The van der Waals surface area contributed by atoms with E-state index in [0.717, 1.165) is 11.3 Å². The highest BCUT2D eigenvalue weighted by Gasteiger charge is 2.25. The van der Waals surface area contributed by atoms with Crippen molar-refractivity contribution in [3.8, 4) is 17.4 Å². The van der Waals surface area contributed by atoms with Gasteiger partial charge in [-0.05, 0) is 32.4 Å². The van der Waals surface area contributed by atoms with Crippen LogP contribution in [-0.2, 0) is 10.0 Å². The SMILES string of the molecule is CCS(=O)(=O)NCCCNc1nc2sc(C(N)=O)c(N)c2c(-c2ccc(C)o2)c1C#N. The van der Waals surface area contributed by atoms with Crippen LogP contribution in [0.4, 0.5) is 11.5 Å². The Morgan fingerprint density at radius 2 is 2.10 bits per heavy atom. The fourth-order valence-electron chi connectivity index (χ4n) is 3.01. The van der Waals surface area contributed by atoms with Crippen molar-refractivity contribution in [2.45, 2.75) is 20.3 Å². The summed E-state index contributed by atoms with van der Waals surface area (Å²) in [6.45, 7) is 3.94. The molecule has 6 N–H and O–H groups in total. The number of nitrogens with two attached hydrogens (primary N) is 2. The molecule has 1 amide bonds. The maximum absolute atomic E-state index is 11.8. The van der Waals surface area contributed by atoms with Gasteiger partial charge in [0.05, 0.1) is 17.0 Å². The van der Waals surface area contributed by atoms with E-state index in [1.54, 1.807) is 26.0 Å². The predicted octanol–water partition coefficient (Wildman–Crippen LogP) is 2.16. The molecule has 10 nitrogen and oxygen atoms in total. The third-order valence-electron chi connectivity index (χ3n) is 4.55. The number of primary amides is 1. The number of amides is 1. The Morgan fingerprint density at radius 1 is 1.35 bits per heavy atom. The van der Waals surface area contributed by atoms with Crippen molar-refractivity contribution in [2.24, 2.45) is 5.73 Å². The van der Waals surface area contributed by atoms with E-state index in [1.165, 1.54) is 0 Å². The van der Waals surface area contributed by atoms with Crippen molar-refractivity contribution >= 4 is 49.0 Å². The zero-order valence-electron chi connectivity index (χ0n) is 17.0. The molecule has 3 aromatic rings. The molecule has 0 spiro atoms. The van der Waals surface area contributed by atoms with Gasteiger partial charge < -0.3 is 21.2 Å². The number of nitrogen functional groups attached to an aromatic ring is 1. The number of hydrogen-bond donors (Lipinski definition) is 4. The molecule has 31 heavy (non-hydrogen) atoms. The van der Waals surface area contributed by atoms with Crippen molar-refractivity contribution in [2.75, 3.05) is 29.9 Å². The van der Waals surface area contributed by atoms with Crippen LogP contribution in [0.25, 0.3) is 21.5 Å². The van der Waals surface area contributed by atoms with E-state index in [-0.39, 0.29) is 34.2 Å². The molecule has 0 radical (unpaired) electrons. The molecule has 0 aliphatic carbocycles. The van der Waals surface area contributed by atoms with Crippen LogP contribution in [0.5, 0.6) is 0 Å². The number of hydrogen-bond acceptors (Lipinski definition) is 9. The van der Waals surface area contributed by atoms with Gasteiger partial charge in [0, 0.05) is 18.5 Å². The Morgan fingerprint density at radius 3 is 2.68 bits per heavy atom. The van der Waals surface area contributed by atoms with Crippen LogP contribution in [0.2, 0.25) is 0 Å². The van der Waals surface area contributed by atoms with E-state index in [0.29, 0.717) is 40.3 Å². The van der Waals surface area contributed by atoms with Gasteiger partial charge in [-0.1, -0.05) is 0 Å². The summed E-state index contributed by atoms with van der Waals surface area (Å²) in [6, 6.07) is 5.62. The number of nitrogens with zero attached hydrogens (tertiary/aromatic N) is 2. The molecule has 0 unspecified atom stereocenters. The number of aryl methyl sites for hydroxylation is 1. The number of carbonyl (C=O) groups excluding carboxylic acids is 1. The average molecular weight is 463 g/mol. The molecule has 3 rings (SSSR count). The summed E-state index contributed by atoms with van der Waals surface area (Å²) >= 11 is 1.04. The lowest BCUT2D eigenvalue weighted by atomic mass is 10.0. The van der Waals surface area contributed by atoms with E-state index < -0.39 is 15.9 Å². The maximum Gasteiger partial charge on any atom is 0.260 e. The fourth-order valence-corrected chi connectivity index (χ4v) is 4.63. The van der Waals surface area contributed by atoms with E-state index in [9.17, 15) is 18.5 Å². The van der Waals surface area contributed by atoms with Crippen LogP contribution < -0.4 is 21.5 Å². The Labute approximate surface area is 183 Å². The third kappa shape index (κ3) is 4.63. The fraction of sp³-hybridized carbons (Fsp3) is 0.316. The number of pyridine rings is 1. The number of fused-ring (bicyclic) bond motifs is 1. The number of anilines is 2. The van der Waals surface area contributed by atoms with Crippen molar-refractivity contribution in [1.29, 1.82) is 5.26 Å². The number of furan rings is 1. The molecule has 3 heterocycles. The van der Waals surface area contributed by atoms with Crippen molar-refractivity contribution in [3.63, 3.8) is 0 Å². The maximum atomic E-state index is 11.8. The van der Waals surface area contributed by atoms with Crippen LogP contribution in [0.15, 0.2) is 16.5 Å². The van der Waals surface area contributed by atoms with E-state index >= 15 is 0 Å². The van der Waals surface area contributed by atoms with Crippen LogP contribution in [0.3, 0.4) is 0 Å². The van der Waals surface area contributed by atoms with Gasteiger partial charge in [-0.3, -0.25) is 4.79 Å². The Balaban J connectivity index is 2.02. The molecule has 0 saturated carbocycles. The standard InChI is InChI=1S/C19H22N6O4S2/c1-3-31(27,28)24-8-4-7-23-18-11(9-20)13(12-6-5-10(2)29-12)14-15(21)16(17(22)26)30-19(14)25-18/h5-6,24H,3-4,7-8,21H2,1-2H3,(H2,22,26)(H,23,25). The monoisotopic (exact) mass is 462 g/mol. The minimum Gasteiger partial charge on any atom is -0.461 e. The number of carbonyl (C=O) groups is 1. The van der Waals surface area contributed by atoms with Gasteiger partial charge in [-0.2, -0.15) is 5.26 Å². The molecule has 0 atom stereocenters. The van der Waals surface area contributed by atoms with E-state index in [2.05, 4.69) is 21.1 Å². The van der Waals surface area contributed by atoms with Crippen molar-refractivity contribution < 1.29 is 17.6 Å². The molecule has 164 valence electrons. The zero-order valence-corrected chi connectivity index (χ0v) is 18.6. The summed E-state index contributed by atoms with van der Waals surface area (Å²) in [7, 11) is -3.27. The second kappa shape index (κ2) is 8.93. The summed E-state index contributed by atoms with van der Waals surface area (Å²) in [5.41, 5.74) is 12.4. The Hall–Kier alpha value is -3.14. The topological polar surface area (TPSA) is 177 Å². The first kappa shape index (κ1) is 22.5. The quantitative estimate of drug-likeness (QED) is 0.349. The summed E-state index contributed by atoms with van der Waals surface area (Å²) in [4.78, 5) is 16.9. The minimum atomic E-state index is -3.27. The molecule has 12 heteroatoms. The van der Waals surface area contributed by atoms with Gasteiger partial charge in [0.25, 0.3) is 5.91 Å². The Kier molecular flexibility index (Phi) is 6.49. The molecular weight excluding hydrogens is 440 g/mol. The molecule has 0 aliphatic rings. The first-order valence-corrected chi connectivity index (χ1v) is 11.9. The van der Waals surface area contributed by atoms with Crippen LogP contribution in [0.1, 0.15) is 34.3 Å². The lowest BCUT2D eigenvalue weighted by Crippen LogP contribution is -2.27. The van der Waals surface area contributed by atoms with E-state index in [4.69, 9.17) is 15.9 Å². The highest BCUT2D eigenvalue weighted by molar-refractivity contribution is 7.89. The number of rotatable bonds is 9. The molecule has 0 aromatic carbocycles. The van der Waals surface area contributed by atoms with Gasteiger partial charge >= 0.3 is 0 Å². The highest BCUT2D eigenvalue weighted by atomic mass is 32.2. The molecule has 0 saturated heterocycles. The first-order valence-electron chi connectivity index (χ1n) is 9.42. The molecule has 0 aliphatic heterocycles. The van der Waals surface area contributed by atoms with Crippen molar-refractivity contribution in [1.82, 2.24) is 9.71 Å². The van der Waals surface area contributed by atoms with Crippen molar-refractivity contribution in [3.05, 3.63) is 28.3 Å². The summed E-state index contributed by atoms with van der Waals surface area (Å²) in [5, 5.41) is 13.4. The number of aromatic nitrogens is 1. The van der Waals surface area contributed by atoms with Crippen LogP contribution in [-0.4, -0.2) is 38.2 Å². The lowest BCUT2D eigenvalue weighted by Gasteiger charge is -2.12. The number of sulfonamides is 1. The lowest BCUT2D eigenvalue weighted by molar-refractivity contribution is 0.100. The second-order valence-corrected chi connectivity index (χ2v) is 9.79.